The van der Waals surface area contributed by atoms with Crippen molar-refractivity contribution in [2.24, 2.45) is 5.73 Å². The van der Waals surface area contributed by atoms with Crippen LogP contribution in [0.15, 0.2) is 18.2 Å². The van der Waals surface area contributed by atoms with E-state index in [1.807, 2.05) is 0 Å². The summed E-state index contributed by atoms with van der Waals surface area (Å²) in [5.41, 5.74) is 5.41. The van der Waals surface area contributed by atoms with Crippen LogP contribution in [-0.4, -0.2) is 17.6 Å². The van der Waals surface area contributed by atoms with Gasteiger partial charge in [0, 0.05) is 0 Å². The second-order valence-electron chi connectivity index (χ2n) is 5.30. The van der Waals surface area contributed by atoms with E-state index in [9.17, 15) is 9.59 Å². The molecule has 0 aliphatic carbocycles. The van der Waals surface area contributed by atoms with Crippen LogP contribution in [0.1, 0.15) is 42.7 Å². The van der Waals surface area contributed by atoms with Crippen molar-refractivity contribution in [1.29, 1.82) is 0 Å². The maximum Gasteiger partial charge on any atom is 0.408 e. The van der Waals surface area contributed by atoms with Crippen molar-refractivity contribution in [3.05, 3.63) is 41.3 Å². The zero-order chi connectivity index (χ0) is 15.5. The molecule has 20 heavy (non-hydrogen) atoms. The lowest BCUT2D eigenvalue weighted by molar-refractivity contribution is 0.0513. The Kier molecular flexibility index (Phi) is 5.00. The van der Waals surface area contributed by atoms with Crippen LogP contribution in [0, 0.1) is 6.92 Å². The third-order valence-electron chi connectivity index (χ3n) is 2.35. The van der Waals surface area contributed by atoms with Gasteiger partial charge < -0.3 is 15.8 Å². The highest BCUT2D eigenvalue weighted by Gasteiger charge is 2.19. The van der Waals surface area contributed by atoms with Gasteiger partial charge in [-0.2, -0.15) is 0 Å². The summed E-state index contributed by atoms with van der Waals surface area (Å²) in [4.78, 5) is 22.8. The van der Waals surface area contributed by atoms with Crippen LogP contribution in [0.5, 0.6) is 0 Å². The molecule has 109 valence electrons. The summed E-state index contributed by atoms with van der Waals surface area (Å²) in [6, 6.07) is 4.11. The number of nitrogens with one attached hydrogen (secondary N) is 1. The molecule has 2 amide bonds. The molecular weight excluding hydrogens is 280 g/mol. The van der Waals surface area contributed by atoms with Gasteiger partial charge in [-0.05, 0) is 45.4 Å². The van der Waals surface area contributed by atoms with E-state index in [4.69, 9.17) is 22.1 Å². The van der Waals surface area contributed by atoms with E-state index in [0.29, 0.717) is 5.56 Å². The van der Waals surface area contributed by atoms with Crippen LogP contribution in [0.3, 0.4) is 0 Å². The van der Waals surface area contributed by atoms with Crippen LogP contribution >= 0.6 is 11.6 Å². The number of rotatable bonds is 3. The second-order valence-corrected chi connectivity index (χ2v) is 5.71. The normalized spacial score (nSPS) is 12.7. The molecule has 0 saturated carbocycles. The Balaban J connectivity index is 2.83. The lowest BCUT2D eigenvalue weighted by Gasteiger charge is -2.22. The minimum atomic E-state index is -0.638. The average Bonchev–Trinajstić information content (AvgIpc) is 2.26. The topological polar surface area (TPSA) is 81.4 Å². The molecule has 3 N–H and O–H groups in total. The van der Waals surface area contributed by atoms with E-state index >= 15 is 0 Å². The van der Waals surface area contributed by atoms with Gasteiger partial charge in [-0.15, -0.1) is 0 Å². The molecule has 0 aliphatic rings. The van der Waals surface area contributed by atoms with E-state index in [-0.39, 0.29) is 10.6 Å². The minimum absolute atomic E-state index is 0.184. The molecular formula is C14H18ClN2O3. The number of benzene rings is 1. The predicted molar refractivity (Wildman–Crippen MR) is 77.4 cm³/mol. The molecule has 1 aromatic carbocycles. The number of nitrogens with two attached hydrogens (primary N) is 1. The molecule has 0 bridgehead atoms. The maximum atomic E-state index is 11.6. The second kappa shape index (κ2) is 6.13. The van der Waals surface area contributed by atoms with Crippen LogP contribution in [0.2, 0.25) is 5.02 Å². The first-order chi connectivity index (χ1) is 9.10. The van der Waals surface area contributed by atoms with Gasteiger partial charge in [0.15, 0.2) is 0 Å². The first-order valence-corrected chi connectivity index (χ1v) is 6.40. The van der Waals surface area contributed by atoms with E-state index in [2.05, 4.69) is 12.2 Å². The molecule has 1 atom stereocenters. The molecule has 0 aromatic heterocycles. The first-order valence-electron chi connectivity index (χ1n) is 6.02. The summed E-state index contributed by atoms with van der Waals surface area (Å²) in [5.74, 6) is -0.638. The molecule has 0 aliphatic heterocycles. The van der Waals surface area contributed by atoms with Crippen molar-refractivity contribution in [3.8, 4) is 0 Å². The number of alkyl carbamates (subject to hydrolysis) is 1. The fraction of sp³-hybridized carbons (Fsp3) is 0.357. The number of hydrogen-bond acceptors (Lipinski definition) is 3. The van der Waals surface area contributed by atoms with Gasteiger partial charge in [-0.25, -0.2) is 4.79 Å². The molecule has 0 heterocycles. The Morgan fingerprint density at radius 2 is 2.00 bits per heavy atom. The monoisotopic (exact) mass is 297 g/mol. The molecule has 1 radical (unpaired) electrons. The maximum absolute atomic E-state index is 11.6. The van der Waals surface area contributed by atoms with Gasteiger partial charge in [-0.1, -0.05) is 17.7 Å². The van der Waals surface area contributed by atoms with Crippen LogP contribution in [0.25, 0.3) is 0 Å². The molecule has 0 unspecified atom stereocenters. The number of carbonyl (C=O) groups excluding carboxylic acids is 2. The molecule has 1 rings (SSSR count). The van der Waals surface area contributed by atoms with E-state index < -0.39 is 23.6 Å². The highest BCUT2D eigenvalue weighted by molar-refractivity contribution is 6.33. The van der Waals surface area contributed by atoms with Crippen molar-refractivity contribution in [2.45, 2.75) is 32.4 Å². The van der Waals surface area contributed by atoms with Crippen LogP contribution in [0.4, 0.5) is 4.79 Å². The molecule has 0 spiro atoms. The van der Waals surface area contributed by atoms with Gasteiger partial charge in [0.05, 0.1) is 16.6 Å². The van der Waals surface area contributed by atoms with Crippen molar-refractivity contribution >= 4 is 23.6 Å². The third-order valence-corrected chi connectivity index (χ3v) is 2.68. The lowest BCUT2D eigenvalue weighted by Crippen LogP contribution is -2.34. The summed E-state index contributed by atoms with van der Waals surface area (Å²) < 4.78 is 5.12. The van der Waals surface area contributed by atoms with Crippen molar-refractivity contribution in [3.63, 3.8) is 0 Å². The number of primary amides is 1. The Labute approximate surface area is 123 Å². The van der Waals surface area contributed by atoms with Gasteiger partial charge in [0.25, 0.3) is 0 Å². The quantitative estimate of drug-likeness (QED) is 0.900. The third kappa shape index (κ3) is 4.74. The van der Waals surface area contributed by atoms with Gasteiger partial charge in [0.2, 0.25) is 5.91 Å². The highest BCUT2D eigenvalue weighted by Crippen LogP contribution is 2.21. The molecule has 0 fully saturated rings. The van der Waals surface area contributed by atoms with Crippen molar-refractivity contribution in [1.82, 2.24) is 5.32 Å². The summed E-state index contributed by atoms with van der Waals surface area (Å²) in [6.45, 7) is 9.09. The van der Waals surface area contributed by atoms with Crippen molar-refractivity contribution < 1.29 is 14.3 Å². The largest absolute Gasteiger partial charge is 0.444 e. The number of hydrogen-bond donors (Lipinski definition) is 2. The zero-order valence-electron chi connectivity index (χ0n) is 11.7. The predicted octanol–water partition coefficient (Wildman–Crippen LogP) is 2.84. The van der Waals surface area contributed by atoms with Crippen LogP contribution < -0.4 is 11.1 Å². The standard InChI is InChI=1S/C14H18ClN2O3/c1-8(17-13(19)20-14(2,3)4)9-5-6-11(15)10(7-9)12(16)18/h5-8H,1H2,2-4H3,(H2,16,18)(H,17,19)/t8-/m0/s1. The van der Waals surface area contributed by atoms with E-state index in [0.717, 1.165) is 0 Å². The Hall–Kier alpha value is -1.75. The molecule has 5 nitrogen and oxygen atoms in total. The Bertz CT molecular complexity index is 524. The molecule has 0 saturated heterocycles. The molecule has 1 aromatic rings. The highest BCUT2D eigenvalue weighted by atomic mass is 35.5. The first kappa shape index (κ1) is 16.3. The molecule has 6 heteroatoms. The van der Waals surface area contributed by atoms with Gasteiger partial charge in [0.1, 0.15) is 5.60 Å². The van der Waals surface area contributed by atoms with Crippen LogP contribution in [-0.2, 0) is 4.74 Å². The zero-order valence-corrected chi connectivity index (χ0v) is 12.5. The summed E-state index contributed by atoms with van der Waals surface area (Å²) in [5, 5.41) is 2.83. The number of carbonyl (C=O) groups is 2. The van der Waals surface area contributed by atoms with Gasteiger partial charge in [-0.3, -0.25) is 4.79 Å². The number of ether oxygens (including phenoxy) is 1. The summed E-state index contributed by atoms with van der Waals surface area (Å²) in [7, 11) is 0. The van der Waals surface area contributed by atoms with Crippen molar-refractivity contribution in [2.75, 3.05) is 0 Å². The van der Waals surface area contributed by atoms with E-state index in [1.165, 1.54) is 12.1 Å². The number of amides is 2. The fourth-order valence-corrected chi connectivity index (χ4v) is 1.69. The Morgan fingerprint density at radius 3 is 2.50 bits per heavy atom. The van der Waals surface area contributed by atoms with E-state index in [1.54, 1.807) is 26.8 Å². The lowest BCUT2D eigenvalue weighted by atomic mass is 10.0. The summed E-state index contributed by atoms with van der Waals surface area (Å²) in [6.07, 6.45) is -0.590. The minimum Gasteiger partial charge on any atom is -0.444 e. The Morgan fingerprint density at radius 1 is 1.40 bits per heavy atom. The average molecular weight is 298 g/mol. The van der Waals surface area contributed by atoms with Gasteiger partial charge >= 0.3 is 6.09 Å². The smallest absolute Gasteiger partial charge is 0.408 e. The summed E-state index contributed by atoms with van der Waals surface area (Å²) >= 11 is 5.86. The number of halogens is 1. The fourth-order valence-electron chi connectivity index (χ4n) is 1.48. The SMILES string of the molecule is [CH2][C@H](NC(=O)OC(C)(C)C)c1ccc(Cl)c(C(N)=O)c1.